The third-order valence-electron chi connectivity index (χ3n) is 1.50. The lowest BCUT2D eigenvalue weighted by atomic mass is 10.2. The van der Waals surface area contributed by atoms with Gasteiger partial charge in [0.25, 0.3) is 5.69 Å². The summed E-state index contributed by atoms with van der Waals surface area (Å²) in [6, 6.07) is 3.86. The van der Waals surface area contributed by atoms with Gasteiger partial charge in [-0.2, -0.15) is 0 Å². The van der Waals surface area contributed by atoms with E-state index in [4.69, 9.17) is 17.4 Å². The minimum absolute atomic E-state index is 0.106. The van der Waals surface area contributed by atoms with Crippen LogP contribution >= 0.6 is 0 Å². The van der Waals surface area contributed by atoms with Gasteiger partial charge in [-0.05, 0) is 6.07 Å². The molecule has 0 saturated heterocycles. The van der Waals surface area contributed by atoms with Crippen molar-refractivity contribution in [2.24, 2.45) is 11.7 Å². The van der Waals surface area contributed by atoms with Crippen molar-refractivity contribution >= 4 is 17.1 Å². The predicted octanol–water partition coefficient (Wildman–Crippen LogP) is -0.269. The molecule has 0 spiro atoms. The van der Waals surface area contributed by atoms with Crippen molar-refractivity contribution in [1.29, 1.82) is 0 Å². The van der Waals surface area contributed by atoms with Crippen LogP contribution in [0, 0.1) is 10.1 Å². The van der Waals surface area contributed by atoms with E-state index in [0.29, 0.717) is 0 Å². The highest BCUT2D eigenvalue weighted by Gasteiger charge is 2.10. The summed E-state index contributed by atoms with van der Waals surface area (Å²) in [6.45, 7) is 0. The van der Waals surface area contributed by atoms with E-state index in [0.717, 1.165) is 5.12 Å². The SMILES string of the molecule is Nc1ccc([N+](=O)[O-])cc1N(N)N. The first-order valence-corrected chi connectivity index (χ1v) is 3.36. The van der Waals surface area contributed by atoms with Gasteiger partial charge >= 0.3 is 0 Å². The van der Waals surface area contributed by atoms with Gasteiger partial charge in [0.05, 0.1) is 16.3 Å². The number of benzene rings is 1. The van der Waals surface area contributed by atoms with Gasteiger partial charge in [-0.25, -0.2) is 16.8 Å². The summed E-state index contributed by atoms with van der Waals surface area (Å²) in [5, 5.41) is 11.1. The molecule has 0 aliphatic heterocycles. The van der Waals surface area contributed by atoms with E-state index < -0.39 is 4.92 Å². The highest BCUT2D eigenvalue weighted by Crippen LogP contribution is 2.24. The Bertz CT molecular complexity index is 338. The lowest BCUT2D eigenvalue weighted by molar-refractivity contribution is -0.384. The van der Waals surface area contributed by atoms with E-state index in [2.05, 4.69) is 0 Å². The van der Waals surface area contributed by atoms with Crippen LogP contribution in [0.15, 0.2) is 18.2 Å². The fourth-order valence-corrected chi connectivity index (χ4v) is 0.869. The van der Waals surface area contributed by atoms with Crippen LogP contribution < -0.4 is 22.5 Å². The van der Waals surface area contributed by atoms with Crippen molar-refractivity contribution in [3.05, 3.63) is 28.3 Å². The van der Waals surface area contributed by atoms with Crippen LogP contribution in [0.4, 0.5) is 17.1 Å². The Balaban J connectivity index is 3.19. The Labute approximate surface area is 73.8 Å². The molecular weight excluding hydrogens is 174 g/mol. The molecule has 0 atom stereocenters. The summed E-state index contributed by atoms with van der Waals surface area (Å²) in [6.07, 6.45) is 0. The number of nitrogens with two attached hydrogens (primary N) is 3. The number of anilines is 2. The zero-order valence-corrected chi connectivity index (χ0v) is 6.68. The number of non-ortho nitro benzene ring substituents is 1. The minimum Gasteiger partial charge on any atom is -0.397 e. The smallest absolute Gasteiger partial charge is 0.271 e. The Kier molecular flexibility index (Phi) is 2.31. The predicted molar refractivity (Wildman–Crippen MR) is 48.4 cm³/mol. The molecule has 0 amide bonds. The van der Waals surface area contributed by atoms with Gasteiger partial charge in [-0.3, -0.25) is 10.1 Å². The molecule has 1 aromatic rings. The molecular formula is C6H9N5O2. The van der Waals surface area contributed by atoms with Gasteiger partial charge in [0.1, 0.15) is 0 Å². The summed E-state index contributed by atoms with van der Waals surface area (Å²) < 4.78 is 0. The first kappa shape index (κ1) is 9.23. The average molecular weight is 183 g/mol. The second-order valence-electron chi connectivity index (χ2n) is 2.41. The van der Waals surface area contributed by atoms with Gasteiger partial charge in [-0.1, -0.05) is 0 Å². The maximum absolute atomic E-state index is 10.4. The highest BCUT2D eigenvalue weighted by molar-refractivity contribution is 5.69. The van der Waals surface area contributed by atoms with Gasteiger partial charge < -0.3 is 5.73 Å². The van der Waals surface area contributed by atoms with Crippen LogP contribution in [0.1, 0.15) is 0 Å². The minimum atomic E-state index is -0.549. The van der Waals surface area contributed by atoms with Crippen LogP contribution in [0.2, 0.25) is 0 Å². The Morgan fingerprint density at radius 3 is 2.46 bits per heavy atom. The van der Waals surface area contributed by atoms with Crippen molar-refractivity contribution < 1.29 is 4.92 Å². The fourth-order valence-electron chi connectivity index (χ4n) is 0.869. The molecule has 7 heteroatoms. The van der Waals surface area contributed by atoms with Gasteiger partial charge in [-0.15, -0.1) is 0 Å². The second-order valence-corrected chi connectivity index (χ2v) is 2.41. The van der Waals surface area contributed by atoms with Crippen LogP contribution in [-0.4, -0.2) is 4.92 Å². The summed E-state index contributed by atoms with van der Waals surface area (Å²) in [5.41, 5.74) is 5.86. The molecule has 0 aromatic heterocycles. The van der Waals surface area contributed by atoms with E-state index in [1.807, 2.05) is 0 Å². The summed E-state index contributed by atoms with van der Waals surface area (Å²) >= 11 is 0. The number of nitro groups is 1. The average Bonchev–Trinajstić information content (AvgIpc) is 2.04. The number of hydrogen-bond donors (Lipinski definition) is 3. The molecule has 7 nitrogen and oxygen atoms in total. The second kappa shape index (κ2) is 3.25. The molecule has 0 heterocycles. The number of hydrogen-bond acceptors (Lipinski definition) is 6. The zero-order valence-electron chi connectivity index (χ0n) is 6.68. The molecule has 70 valence electrons. The normalized spacial score (nSPS) is 9.69. The number of nitrogens with zero attached hydrogens (tertiary/aromatic N) is 2. The molecule has 1 rings (SSSR count). The van der Waals surface area contributed by atoms with E-state index in [1.54, 1.807) is 0 Å². The topological polar surface area (TPSA) is 124 Å². The van der Waals surface area contributed by atoms with Crippen molar-refractivity contribution in [3.8, 4) is 0 Å². The largest absolute Gasteiger partial charge is 0.397 e. The third kappa shape index (κ3) is 1.83. The Morgan fingerprint density at radius 1 is 1.38 bits per heavy atom. The Hall–Kier alpha value is -1.86. The fraction of sp³-hybridized carbons (Fsp3) is 0. The lowest BCUT2D eigenvalue weighted by Crippen LogP contribution is -2.38. The number of hydrazine groups is 2. The molecule has 0 bridgehead atoms. The van der Waals surface area contributed by atoms with E-state index in [-0.39, 0.29) is 17.1 Å². The quantitative estimate of drug-likeness (QED) is 0.251. The molecule has 6 N–H and O–H groups in total. The lowest BCUT2D eigenvalue weighted by Gasteiger charge is -2.12. The number of rotatable bonds is 2. The standard InChI is InChI=1S/C6H9N5O2/c7-5-2-1-4(11(12)13)3-6(5)10(8)9/h1-3H,7-9H2. The third-order valence-corrected chi connectivity index (χ3v) is 1.50. The molecule has 0 fully saturated rings. The first-order chi connectivity index (χ1) is 6.02. The van der Waals surface area contributed by atoms with Crippen molar-refractivity contribution in [1.82, 2.24) is 0 Å². The van der Waals surface area contributed by atoms with Gasteiger partial charge in [0.15, 0.2) is 0 Å². The van der Waals surface area contributed by atoms with Crippen LogP contribution in [0.5, 0.6) is 0 Å². The number of nitro benzene ring substituents is 1. The van der Waals surface area contributed by atoms with Crippen LogP contribution in [0.25, 0.3) is 0 Å². The van der Waals surface area contributed by atoms with E-state index in [9.17, 15) is 10.1 Å². The maximum atomic E-state index is 10.4. The van der Waals surface area contributed by atoms with Crippen molar-refractivity contribution in [2.75, 3.05) is 10.9 Å². The molecule has 0 aliphatic carbocycles. The molecule has 1 aromatic carbocycles. The van der Waals surface area contributed by atoms with E-state index in [1.165, 1.54) is 18.2 Å². The van der Waals surface area contributed by atoms with Crippen LogP contribution in [0.3, 0.4) is 0 Å². The Morgan fingerprint density at radius 2 is 2.00 bits per heavy atom. The molecule has 0 saturated carbocycles. The zero-order chi connectivity index (χ0) is 10.0. The highest BCUT2D eigenvalue weighted by atomic mass is 16.6. The van der Waals surface area contributed by atoms with Gasteiger partial charge in [0.2, 0.25) is 0 Å². The summed E-state index contributed by atoms with van der Waals surface area (Å²) in [7, 11) is 0. The van der Waals surface area contributed by atoms with Gasteiger partial charge in [0, 0.05) is 12.1 Å². The molecule has 0 unspecified atom stereocenters. The van der Waals surface area contributed by atoms with Crippen LogP contribution in [-0.2, 0) is 0 Å². The summed E-state index contributed by atoms with van der Waals surface area (Å²) in [5.74, 6) is 10.4. The van der Waals surface area contributed by atoms with Crippen molar-refractivity contribution in [2.45, 2.75) is 0 Å². The molecule has 0 radical (unpaired) electrons. The maximum Gasteiger partial charge on any atom is 0.271 e. The number of nitrogen functional groups attached to an aromatic ring is 1. The van der Waals surface area contributed by atoms with Crippen molar-refractivity contribution in [3.63, 3.8) is 0 Å². The molecule has 0 aliphatic rings. The molecule has 13 heavy (non-hydrogen) atoms. The summed E-state index contributed by atoms with van der Waals surface area (Å²) in [4.78, 5) is 9.80. The monoisotopic (exact) mass is 183 g/mol. The first-order valence-electron chi connectivity index (χ1n) is 3.36. The van der Waals surface area contributed by atoms with E-state index >= 15 is 0 Å².